The standard InChI is InChI=1S/C15H23N3O2/c1-11-9-12(10-13(14(11)16)15(17)19)3-5-18-4-2-7-20-8-6-18/h9-10H,2-8,16H2,1H3,(H2,17,19). The summed E-state index contributed by atoms with van der Waals surface area (Å²) >= 11 is 0. The van der Waals surface area contributed by atoms with E-state index in [-0.39, 0.29) is 0 Å². The predicted octanol–water partition coefficient (Wildman–Crippen LogP) is 0.941. The van der Waals surface area contributed by atoms with Crippen LogP contribution in [0.5, 0.6) is 0 Å². The number of nitrogens with two attached hydrogens (primary N) is 2. The zero-order valence-corrected chi connectivity index (χ0v) is 12.0. The van der Waals surface area contributed by atoms with Crippen LogP contribution < -0.4 is 11.5 Å². The van der Waals surface area contributed by atoms with E-state index in [2.05, 4.69) is 4.90 Å². The molecule has 0 atom stereocenters. The van der Waals surface area contributed by atoms with Crippen molar-refractivity contribution in [3.8, 4) is 0 Å². The summed E-state index contributed by atoms with van der Waals surface area (Å²) in [4.78, 5) is 13.8. The highest BCUT2D eigenvalue weighted by molar-refractivity contribution is 5.98. The van der Waals surface area contributed by atoms with Crippen molar-refractivity contribution in [2.75, 3.05) is 38.6 Å². The average molecular weight is 277 g/mol. The van der Waals surface area contributed by atoms with Gasteiger partial charge in [0.05, 0.1) is 12.2 Å². The Hall–Kier alpha value is -1.59. The number of anilines is 1. The SMILES string of the molecule is Cc1cc(CCN2CCCOCC2)cc(C(N)=O)c1N. The van der Waals surface area contributed by atoms with E-state index in [4.69, 9.17) is 16.2 Å². The van der Waals surface area contributed by atoms with Crippen LogP contribution in [0.3, 0.4) is 0 Å². The molecule has 0 radical (unpaired) electrons. The van der Waals surface area contributed by atoms with Gasteiger partial charge in [-0.3, -0.25) is 4.79 Å². The fourth-order valence-electron chi connectivity index (χ4n) is 2.53. The Bertz CT molecular complexity index is 480. The minimum atomic E-state index is -0.462. The van der Waals surface area contributed by atoms with Gasteiger partial charge in [0.25, 0.3) is 5.91 Å². The molecule has 0 bridgehead atoms. The van der Waals surface area contributed by atoms with Crippen LogP contribution in [0.4, 0.5) is 5.69 Å². The summed E-state index contributed by atoms with van der Waals surface area (Å²) in [5, 5.41) is 0. The lowest BCUT2D eigenvalue weighted by molar-refractivity contribution is 0.100. The van der Waals surface area contributed by atoms with Crippen LogP contribution in [0.1, 0.15) is 27.9 Å². The number of nitrogens with zero attached hydrogens (tertiary/aromatic N) is 1. The van der Waals surface area contributed by atoms with Gasteiger partial charge in [-0.2, -0.15) is 0 Å². The highest BCUT2D eigenvalue weighted by Crippen LogP contribution is 2.20. The molecule has 1 fully saturated rings. The Labute approximate surface area is 119 Å². The Morgan fingerprint density at radius 3 is 2.90 bits per heavy atom. The molecule has 1 aliphatic rings. The molecule has 1 saturated heterocycles. The number of carbonyl (C=O) groups excluding carboxylic acids is 1. The molecule has 20 heavy (non-hydrogen) atoms. The van der Waals surface area contributed by atoms with Crippen molar-refractivity contribution in [2.45, 2.75) is 19.8 Å². The second-order valence-electron chi connectivity index (χ2n) is 5.30. The largest absolute Gasteiger partial charge is 0.398 e. The van der Waals surface area contributed by atoms with Gasteiger partial charge in [0.2, 0.25) is 0 Å². The van der Waals surface area contributed by atoms with Crippen molar-refractivity contribution < 1.29 is 9.53 Å². The van der Waals surface area contributed by atoms with E-state index < -0.39 is 5.91 Å². The van der Waals surface area contributed by atoms with Gasteiger partial charge in [0.15, 0.2) is 0 Å². The van der Waals surface area contributed by atoms with Crippen molar-refractivity contribution in [1.82, 2.24) is 4.90 Å². The van der Waals surface area contributed by atoms with Crippen LogP contribution in [0.2, 0.25) is 0 Å². The number of primary amides is 1. The fourth-order valence-corrected chi connectivity index (χ4v) is 2.53. The number of benzene rings is 1. The van der Waals surface area contributed by atoms with Crippen molar-refractivity contribution in [2.24, 2.45) is 5.73 Å². The molecular weight excluding hydrogens is 254 g/mol. The van der Waals surface area contributed by atoms with Gasteiger partial charge >= 0.3 is 0 Å². The van der Waals surface area contributed by atoms with Gasteiger partial charge in [-0.1, -0.05) is 6.07 Å². The van der Waals surface area contributed by atoms with Gasteiger partial charge in [-0.25, -0.2) is 0 Å². The molecule has 0 unspecified atom stereocenters. The van der Waals surface area contributed by atoms with E-state index in [0.717, 1.165) is 56.8 Å². The van der Waals surface area contributed by atoms with Gasteiger partial charge < -0.3 is 21.1 Å². The van der Waals surface area contributed by atoms with Gasteiger partial charge in [-0.15, -0.1) is 0 Å². The molecule has 0 spiro atoms. The Balaban J connectivity index is 2.03. The number of ether oxygens (including phenoxy) is 1. The summed E-state index contributed by atoms with van der Waals surface area (Å²) in [6, 6.07) is 3.86. The Morgan fingerprint density at radius 1 is 1.35 bits per heavy atom. The zero-order valence-electron chi connectivity index (χ0n) is 12.0. The summed E-state index contributed by atoms with van der Waals surface area (Å²) in [5.74, 6) is -0.462. The molecular formula is C15H23N3O2. The summed E-state index contributed by atoms with van der Waals surface area (Å²) in [5.41, 5.74) is 14.2. The second-order valence-corrected chi connectivity index (χ2v) is 5.30. The third-order valence-corrected chi connectivity index (χ3v) is 3.74. The Kier molecular flexibility index (Phi) is 4.98. The predicted molar refractivity (Wildman–Crippen MR) is 79.7 cm³/mol. The molecule has 0 saturated carbocycles. The highest BCUT2D eigenvalue weighted by Gasteiger charge is 2.12. The fraction of sp³-hybridized carbons (Fsp3) is 0.533. The molecule has 5 nitrogen and oxygen atoms in total. The van der Waals surface area contributed by atoms with Gasteiger partial charge in [0, 0.05) is 31.9 Å². The number of nitrogen functional groups attached to an aromatic ring is 1. The summed E-state index contributed by atoms with van der Waals surface area (Å²) in [7, 11) is 0. The molecule has 2 rings (SSSR count). The van der Waals surface area contributed by atoms with Crippen LogP contribution >= 0.6 is 0 Å². The van der Waals surface area contributed by atoms with Gasteiger partial charge in [-0.05, 0) is 37.0 Å². The lowest BCUT2D eigenvalue weighted by Gasteiger charge is -2.19. The van der Waals surface area contributed by atoms with E-state index in [1.54, 1.807) is 0 Å². The van der Waals surface area contributed by atoms with E-state index in [9.17, 15) is 4.79 Å². The third kappa shape index (κ3) is 3.71. The smallest absolute Gasteiger partial charge is 0.250 e. The molecule has 1 heterocycles. The summed E-state index contributed by atoms with van der Waals surface area (Å²) in [6.45, 7) is 6.56. The minimum Gasteiger partial charge on any atom is -0.398 e. The second kappa shape index (κ2) is 6.72. The molecule has 0 aliphatic carbocycles. The first-order valence-corrected chi connectivity index (χ1v) is 7.07. The molecule has 110 valence electrons. The lowest BCUT2D eigenvalue weighted by Crippen LogP contribution is -2.28. The lowest BCUT2D eigenvalue weighted by atomic mass is 10.0. The summed E-state index contributed by atoms with van der Waals surface area (Å²) < 4.78 is 5.44. The van der Waals surface area contributed by atoms with Crippen molar-refractivity contribution >= 4 is 11.6 Å². The maximum atomic E-state index is 11.4. The molecule has 0 aromatic heterocycles. The molecule has 1 amide bonds. The average Bonchev–Trinajstić information content (AvgIpc) is 2.68. The number of aryl methyl sites for hydroxylation is 1. The maximum absolute atomic E-state index is 11.4. The van der Waals surface area contributed by atoms with Crippen LogP contribution in [0.15, 0.2) is 12.1 Å². The number of hydrogen-bond acceptors (Lipinski definition) is 4. The molecule has 1 aromatic carbocycles. The molecule has 1 aromatic rings. The topological polar surface area (TPSA) is 81.6 Å². The first-order valence-electron chi connectivity index (χ1n) is 7.07. The van der Waals surface area contributed by atoms with Crippen molar-refractivity contribution in [1.29, 1.82) is 0 Å². The Morgan fingerprint density at radius 2 is 2.15 bits per heavy atom. The number of rotatable bonds is 4. The third-order valence-electron chi connectivity index (χ3n) is 3.74. The van der Waals surface area contributed by atoms with E-state index in [1.807, 2.05) is 19.1 Å². The quantitative estimate of drug-likeness (QED) is 0.803. The van der Waals surface area contributed by atoms with Crippen molar-refractivity contribution in [3.05, 3.63) is 28.8 Å². The first kappa shape index (κ1) is 14.8. The molecule has 5 heteroatoms. The number of carbonyl (C=O) groups is 1. The van der Waals surface area contributed by atoms with E-state index in [0.29, 0.717) is 11.3 Å². The van der Waals surface area contributed by atoms with Crippen LogP contribution in [0, 0.1) is 6.92 Å². The first-order chi connectivity index (χ1) is 9.58. The summed E-state index contributed by atoms with van der Waals surface area (Å²) in [6.07, 6.45) is 1.97. The monoisotopic (exact) mass is 277 g/mol. The van der Waals surface area contributed by atoms with Crippen LogP contribution in [-0.2, 0) is 11.2 Å². The number of amides is 1. The van der Waals surface area contributed by atoms with Crippen LogP contribution in [0.25, 0.3) is 0 Å². The van der Waals surface area contributed by atoms with Crippen molar-refractivity contribution in [3.63, 3.8) is 0 Å². The van der Waals surface area contributed by atoms with Crippen LogP contribution in [-0.4, -0.2) is 43.7 Å². The highest BCUT2D eigenvalue weighted by atomic mass is 16.5. The molecule has 4 N–H and O–H groups in total. The normalized spacial score (nSPS) is 16.9. The zero-order chi connectivity index (χ0) is 14.5. The van der Waals surface area contributed by atoms with Gasteiger partial charge in [0.1, 0.15) is 0 Å². The maximum Gasteiger partial charge on any atom is 0.250 e. The van der Waals surface area contributed by atoms with E-state index >= 15 is 0 Å². The molecule has 1 aliphatic heterocycles. The minimum absolute atomic E-state index is 0.430. The van der Waals surface area contributed by atoms with E-state index in [1.165, 1.54) is 0 Å². The number of hydrogen-bond donors (Lipinski definition) is 2.